The van der Waals surface area contributed by atoms with Crippen molar-refractivity contribution in [1.82, 2.24) is 19.5 Å². The molecule has 4 rings (SSSR count). The van der Waals surface area contributed by atoms with E-state index in [-0.39, 0.29) is 17.3 Å². The number of ether oxygens (including phenoxy) is 2. The minimum Gasteiger partial charge on any atom is -0.444 e. The van der Waals surface area contributed by atoms with E-state index < -0.39 is 30.0 Å². The summed E-state index contributed by atoms with van der Waals surface area (Å²) in [6, 6.07) is 8.11. The van der Waals surface area contributed by atoms with Gasteiger partial charge in [-0.2, -0.15) is 4.98 Å². The Hall–Kier alpha value is -3.48. The number of aromatic nitrogens is 3. The van der Waals surface area contributed by atoms with Crippen LogP contribution in [0.4, 0.5) is 23.9 Å². The van der Waals surface area contributed by atoms with Crippen molar-refractivity contribution in [3.8, 4) is 16.9 Å². The lowest BCUT2D eigenvalue weighted by Crippen LogP contribution is -2.46. The van der Waals surface area contributed by atoms with Crippen LogP contribution < -0.4 is 10.1 Å². The van der Waals surface area contributed by atoms with Crippen LogP contribution in [-0.4, -0.2) is 61.1 Å². The molecule has 1 aliphatic rings. The van der Waals surface area contributed by atoms with Gasteiger partial charge in [0.2, 0.25) is 5.95 Å². The summed E-state index contributed by atoms with van der Waals surface area (Å²) < 4.78 is 49.2. The van der Waals surface area contributed by atoms with Gasteiger partial charge in [0.1, 0.15) is 17.4 Å². The van der Waals surface area contributed by atoms with Gasteiger partial charge in [0.05, 0.1) is 5.88 Å². The highest BCUT2D eigenvalue weighted by molar-refractivity contribution is 7.99. The normalized spacial score (nSPS) is 16.4. The summed E-state index contributed by atoms with van der Waals surface area (Å²) in [6.45, 7) is 5.23. The fourth-order valence-corrected chi connectivity index (χ4v) is 4.51. The molecule has 0 aliphatic carbocycles. The van der Waals surface area contributed by atoms with Crippen LogP contribution >= 0.6 is 11.8 Å². The fourth-order valence-electron chi connectivity index (χ4n) is 3.37. The Balaban J connectivity index is 1.53. The maximum absolute atomic E-state index is 12.9. The largest absolute Gasteiger partial charge is 0.573 e. The molecular weight excluding hydrogens is 487 g/mol. The van der Waals surface area contributed by atoms with E-state index in [4.69, 9.17) is 4.74 Å². The number of thioether (sulfide) groups is 1. The molecule has 2 aromatic heterocycles. The molecule has 35 heavy (non-hydrogen) atoms. The van der Waals surface area contributed by atoms with Crippen molar-refractivity contribution in [1.29, 1.82) is 0 Å². The third-order valence-electron chi connectivity index (χ3n) is 4.80. The topological polar surface area (TPSA) is 98.1 Å². The zero-order valence-corrected chi connectivity index (χ0v) is 19.8. The van der Waals surface area contributed by atoms with Crippen molar-refractivity contribution in [3.05, 3.63) is 42.6 Å². The zero-order chi connectivity index (χ0) is 25.4. The van der Waals surface area contributed by atoms with E-state index in [9.17, 15) is 22.8 Å². The number of hydrogen-bond donors (Lipinski definition) is 1. The molecule has 3 aromatic rings. The number of rotatable bonds is 4. The average Bonchev–Trinajstić information content (AvgIpc) is 3.38. The predicted octanol–water partition coefficient (Wildman–Crippen LogP) is 4.54. The molecule has 1 N–H and O–H groups in total. The highest BCUT2D eigenvalue weighted by Crippen LogP contribution is 2.33. The predicted molar refractivity (Wildman–Crippen MR) is 123 cm³/mol. The SMILES string of the molecule is CC(C)(C)OC(=O)N1CSC[C@@H]1C(=O)Nc1nc2ccc(-c3ccccc3OC(F)(F)F)cn2n1. The summed E-state index contributed by atoms with van der Waals surface area (Å²) in [4.78, 5) is 30.9. The van der Waals surface area contributed by atoms with Gasteiger partial charge in [-0.25, -0.2) is 9.31 Å². The summed E-state index contributed by atoms with van der Waals surface area (Å²) in [5.41, 5.74) is 0.283. The van der Waals surface area contributed by atoms with Gasteiger partial charge < -0.3 is 9.47 Å². The van der Waals surface area contributed by atoms with Crippen LogP contribution in [0.3, 0.4) is 0 Å². The maximum Gasteiger partial charge on any atom is 0.573 e. The molecule has 1 aliphatic heterocycles. The van der Waals surface area contributed by atoms with Crippen LogP contribution in [0.2, 0.25) is 0 Å². The number of pyridine rings is 1. The third-order valence-corrected chi connectivity index (χ3v) is 5.81. The van der Waals surface area contributed by atoms with E-state index in [1.807, 2.05) is 0 Å². The molecule has 9 nitrogen and oxygen atoms in total. The van der Waals surface area contributed by atoms with Crippen LogP contribution in [0, 0.1) is 0 Å². The molecular formula is C22H22F3N5O4S. The summed E-state index contributed by atoms with van der Waals surface area (Å²) in [5.74, 6) is -0.129. The van der Waals surface area contributed by atoms with E-state index in [2.05, 4.69) is 20.1 Å². The quantitative estimate of drug-likeness (QED) is 0.551. The minimum atomic E-state index is -4.84. The molecule has 0 spiro atoms. The smallest absolute Gasteiger partial charge is 0.444 e. The molecule has 1 atom stereocenters. The number of carbonyl (C=O) groups excluding carboxylic acids is 2. The third kappa shape index (κ3) is 5.96. The van der Waals surface area contributed by atoms with Crippen LogP contribution in [-0.2, 0) is 9.53 Å². The minimum absolute atomic E-state index is 0.00647. The summed E-state index contributed by atoms with van der Waals surface area (Å²) in [6.07, 6.45) is -3.94. The number of nitrogens with one attached hydrogen (secondary N) is 1. The van der Waals surface area contributed by atoms with Crippen LogP contribution in [0.25, 0.3) is 16.8 Å². The Kier molecular flexibility index (Phi) is 6.54. The average molecular weight is 510 g/mol. The first-order valence-electron chi connectivity index (χ1n) is 10.5. The number of nitrogens with zero attached hydrogens (tertiary/aromatic N) is 4. The van der Waals surface area contributed by atoms with E-state index >= 15 is 0 Å². The van der Waals surface area contributed by atoms with Gasteiger partial charge in [0.25, 0.3) is 5.91 Å². The van der Waals surface area contributed by atoms with Gasteiger partial charge in [0, 0.05) is 23.1 Å². The summed E-state index contributed by atoms with van der Waals surface area (Å²) in [7, 11) is 0. The Morgan fingerprint density at radius 3 is 2.60 bits per heavy atom. The van der Waals surface area contributed by atoms with Crippen LogP contribution in [0.5, 0.6) is 5.75 Å². The molecule has 0 radical (unpaired) electrons. The van der Waals surface area contributed by atoms with Gasteiger partial charge in [-0.05, 0) is 39.0 Å². The number of carbonyl (C=O) groups is 2. The monoisotopic (exact) mass is 509 g/mol. The standard InChI is InChI=1S/C22H22F3N5O4S/c1-21(2,3)34-20(32)29-12-35-11-15(29)18(31)27-19-26-17-9-8-13(10-30(17)28-19)14-6-4-5-7-16(14)33-22(23,24)25/h4-10,15H,11-12H2,1-3H3,(H,27,28,31)/t15-/m1/s1. The lowest BCUT2D eigenvalue weighted by atomic mass is 10.1. The van der Waals surface area contributed by atoms with Gasteiger partial charge in [-0.15, -0.1) is 30.0 Å². The summed E-state index contributed by atoms with van der Waals surface area (Å²) in [5, 5.41) is 6.82. The van der Waals surface area contributed by atoms with Crippen LogP contribution in [0.15, 0.2) is 42.6 Å². The number of anilines is 1. The molecule has 2 amide bonds. The fraction of sp³-hybridized carbons (Fsp3) is 0.364. The molecule has 0 bridgehead atoms. The van der Waals surface area contributed by atoms with Gasteiger partial charge in [0.15, 0.2) is 5.65 Å². The van der Waals surface area contributed by atoms with Gasteiger partial charge in [-0.3, -0.25) is 15.0 Å². The van der Waals surface area contributed by atoms with Crippen LogP contribution in [0.1, 0.15) is 20.8 Å². The molecule has 186 valence electrons. The van der Waals surface area contributed by atoms with Crippen molar-refractivity contribution < 1.29 is 32.2 Å². The van der Waals surface area contributed by atoms with Crippen molar-refractivity contribution in [2.75, 3.05) is 16.9 Å². The number of fused-ring (bicyclic) bond motifs is 1. The Morgan fingerprint density at radius 2 is 1.89 bits per heavy atom. The molecule has 3 heterocycles. The van der Waals surface area contributed by atoms with E-state index in [0.717, 1.165) is 0 Å². The Morgan fingerprint density at radius 1 is 1.14 bits per heavy atom. The molecule has 1 aromatic carbocycles. The Labute approximate surface area is 202 Å². The number of halogens is 3. The van der Waals surface area contributed by atoms with Gasteiger partial charge >= 0.3 is 12.5 Å². The second-order valence-corrected chi connectivity index (χ2v) is 9.65. The van der Waals surface area contributed by atoms with Crippen molar-refractivity contribution in [3.63, 3.8) is 0 Å². The van der Waals surface area contributed by atoms with E-state index in [1.54, 1.807) is 39.0 Å². The van der Waals surface area contributed by atoms with Crippen molar-refractivity contribution >= 4 is 35.4 Å². The highest BCUT2D eigenvalue weighted by atomic mass is 32.2. The van der Waals surface area contributed by atoms with Crippen molar-refractivity contribution in [2.24, 2.45) is 0 Å². The first-order chi connectivity index (χ1) is 16.4. The number of alkyl halides is 3. The molecule has 0 saturated carbocycles. The van der Waals surface area contributed by atoms with E-state index in [1.165, 1.54) is 45.6 Å². The number of hydrogen-bond acceptors (Lipinski definition) is 7. The highest BCUT2D eigenvalue weighted by Gasteiger charge is 2.37. The molecule has 1 saturated heterocycles. The zero-order valence-electron chi connectivity index (χ0n) is 19.0. The summed E-state index contributed by atoms with van der Waals surface area (Å²) >= 11 is 1.42. The number of benzene rings is 1. The molecule has 0 unspecified atom stereocenters. The lowest BCUT2D eigenvalue weighted by Gasteiger charge is -2.27. The number of amides is 2. The van der Waals surface area contributed by atoms with Crippen molar-refractivity contribution in [2.45, 2.75) is 38.8 Å². The maximum atomic E-state index is 12.9. The van der Waals surface area contributed by atoms with E-state index in [0.29, 0.717) is 22.8 Å². The van der Waals surface area contributed by atoms with Gasteiger partial charge in [-0.1, -0.05) is 18.2 Å². The Bertz CT molecular complexity index is 1260. The second-order valence-electron chi connectivity index (χ2n) is 8.65. The first-order valence-corrected chi connectivity index (χ1v) is 11.6. The molecule has 13 heteroatoms. The number of para-hydroxylation sites is 1. The lowest BCUT2D eigenvalue weighted by molar-refractivity contribution is -0.274. The first kappa shape index (κ1) is 24.6. The molecule has 1 fully saturated rings. The second kappa shape index (κ2) is 9.29.